The lowest BCUT2D eigenvalue weighted by molar-refractivity contribution is -0.117. The summed E-state index contributed by atoms with van der Waals surface area (Å²) in [7, 11) is -3.36. The molecule has 0 heterocycles. The Morgan fingerprint density at radius 2 is 2.09 bits per heavy atom. The fourth-order valence-electron chi connectivity index (χ4n) is 4.04. The molecule has 2 fully saturated rings. The monoisotopic (exact) mass is 337 g/mol. The molecule has 2 aliphatic carbocycles. The van der Waals surface area contributed by atoms with E-state index in [0.717, 1.165) is 12.3 Å². The first-order valence-corrected chi connectivity index (χ1v) is 9.90. The fraction of sp³-hybridized carbons (Fsp3) is 0.588. The van der Waals surface area contributed by atoms with E-state index >= 15 is 0 Å². The Kier molecular flexibility index (Phi) is 4.36. The van der Waals surface area contributed by atoms with E-state index in [1.165, 1.54) is 37.5 Å². The average Bonchev–Trinajstić information content (AvgIpc) is 3.12. The van der Waals surface area contributed by atoms with Gasteiger partial charge in [-0.25, -0.2) is 8.42 Å². The first-order chi connectivity index (χ1) is 10.9. The maximum atomic E-state index is 12.3. The van der Waals surface area contributed by atoms with E-state index in [2.05, 4.69) is 5.32 Å². The van der Waals surface area contributed by atoms with Crippen LogP contribution in [-0.4, -0.2) is 25.2 Å². The van der Waals surface area contributed by atoms with Crippen molar-refractivity contribution in [2.45, 2.75) is 43.9 Å². The molecule has 23 heavy (non-hydrogen) atoms. The van der Waals surface area contributed by atoms with Crippen molar-refractivity contribution in [2.24, 2.45) is 17.8 Å². The molecule has 0 radical (unpaired) electrons. The van der Waals surface area contributed by atoms with Crippen molar-refractivity contribution in [3.05, 3.63) is 18.2 Å². The standard InChI is InChI=1S/C17H23NO4S/c1-2-23(21,22)14-5-6-16(19)15(10-14)18-17(20)9-13-8-11-3-4-12(13)7-11/h5-6,10-13,19H,2-4,7-9H2,1H3,(H,18,20)/t11-,12-,13+/m1/s1. The SMILES string of the molecule is CCS(=O)(=O)c1ccc(O)c(NC(=O)C[C@@H]2C[C@@H]3CC[C@@H]2C3)c1. The maximum Gasteiger partial charge on any atom is 0.224 e. The second kappa shape index (κ2) is 6.15. The Bertz CT molecular complexity index is 713. The van der Waals surface area contributed by atoms with E-state index in [4.69, 9.17) is 0 Å². The number of phenolic OH excluding ortho intramolecular Hbond substituents is 1. The number of carbonyl (C=O) groups excluding carboxylic acids is 1. The van der Waals surface area contributed by atoms with Gasteiger partial charge in [0.25, 0.3) is 0 Å². The molecule has 6 heteroatoms. The molecule has 2 N–H and O–H groups in total. The number of anilines is 1. The lowest BCUT2D eigenvalue weighted by Gasteiger charge is -2.21. The van der Waals surface area contributed by atoms with Gasteiger partial charge in [-0.05, 0) is 55.2 Å². The Morgan fingerprint density at radius 1 is 1.30 bits per heavy atom. The number of nitrogens with one attached hydrogen (secondary N) is 1. The van der Waals surface area contributed by atoms with Gasteiger partial charge >= 0.3 is 0 Å². The maximum absolute atomic E-state index is 12.3. The third-order valence-electron chi connectivity index (χ3n) is 5.31. The zero-order valence-corrected chi connectivity index (χ0v) is 14.1. The average molecular weight is 337 g/mol. The number of aromatic hydroxyl groups is 1. The van der Waals surface area contributed by atoms with Crippen molar-refractivity contribution in [2.75, 3.05) is 11.1 Å². The van der Waals surface area contributed by atoms with Gasteiger partial charge in [0.15, 0.2) is 9.84 Å². The first-order valence-electron chi connectivity index (χ1n) is 8.24. The molecule has 0 aromatic heterocycles. The second-order valence-corrected chi connectivity index (χ2v) is 9.05. The number of benzene rings is 1. The molecule has 3 rings (SSSR count). The van der Waals surface area contributed by atoms with Gasteiger partial charge in [0.05, 0.1) is 16.3 Å². The molecule has 1 aromatic carbocycles. The molecule has 2 saturated carbocycles. The highest BCUT2D eigenvalue weighted by molar-refractivity contribution is 7.91. The van der Waals surface area contributed by atoms with E-state index < -0.39 is 9.84 Å². The van der Waals surface area contributed by atoms with Crippen LogP contribution in [0.1, 0.15) is 39.0 Å². The van der Waals surface area contributed by atoms with Crippen LogP contribution in [0.25, 0.3) is 0 Å². The van der Waals surface area contributed by atoms with Crippen LogP contribution in [-0.2, 0) is 14.6 Å². The summed E-state index contributed by atoms with van der Waals surface area (Å²) in [6.07, 6.45) is 5.33. The minimum atomic E-state index is -3.36. The minimum Gasteiger partial charge on any atom is -0.506 e. The summed E-state index contributed by atoms with van der Waals surface area (Å²) in [4.78, 5) is 12.4. The Morgan fingerprint density at radius 3 is 2.70 bits per heavy atom. The van der Waals surface area contributed by atoms with Gasteiger partial charge < -0.3 is 10.4 Å². The summed E-state index contributed by atoms with van der Waals surface area (Å²) in [5.41, 5.74) is 0.174. The Balaban J connectivity index is 1.69. The van der Waals surface area contributed by atoms with Crippen LogP contribution in [0.3, 0.4) is 0 Å². The molecule has 126 valence electrons. The zero-order valence-electron chi connectivity index (χ0n) is 13.3. The quantitative estimate of drug-likeness (QED) is 0.809. The topological polar surface area (TPSA) is 83.5 Å². The molecule has 1 amide bonds. The summed E-state index contributed by atoms with van der Waals surface area (Å²) in [5.74, 6) is 1.59. The molecule has 0 spiro atoms. The van der Waals surface area contributed by atoms with Gasteiger partial charge in [0.2, 0.25) is 5.91 Å². The largest absolute Gasteiger partial charge is 0.506 e. The van der Waals surface area contributed by atoms with Crippen LogP contribution >= 0.6 is 0 Å². The highest BCUT2D eigenvalue weighted by Crippen LogP contribution is 2.49. The van der Waals surface area contributed by atoms with Gasteiger partial charge in [-0.1, -0.05) is 13.3 Å². The normalized spacial score (nSPS) is 26.4. The second-order valence-electron chi connectivity index (χ2n) is 6.77. The molecule has 3 atom stereocenters. The predicted molar refractivity (Wildman–Crippen MR) is 88.0 cm³/mol. The number of hydrogen-bond donors (Lipinski definition) is 2. The van der Waals surface area contributed by atoms with Crippen molar-refractivity contribution >= 4 is 21.4 Å². The van der Waals surface area contributed by atoms with E-state index in [-0.39, 0.29) is 28.0 Å². The highest BCUT2D eigenvalue weighted by atomic mass is 32.2. The van der Waals surface area contributed by atoms with Gasteiger partial charge in [-0.3, -0.25) is 4.79 Å². The lowest BCUT2D eigenvalue weighted by atomic mass is 9.86. The summed E-state index contributed by atoms with van der Waals surface area (Å²) < 4.78 is 23.8. The van der Waals surface area contributed by atoms with Crippen LogP contribution in [0.2, 0.25) is 0 Å². The third-order valence-corrected chi connectivity index (χ3v) is 7.05. The van der Waals surface area contributed by atoms with Gasteiger partial charge in [0.1, 0.15) is 5.75 Å². The molecular formula is C17H23NO4S. The molecule has 2 aliphatic rings. The molecular weight excluding hydrogens is 314 g/mol. The summed E-state index contributed by atoms with van der Waals surface area (Å²) >= 11 is 0. The molecule has 1 aromatic rings. The molecule has 2 bridgehead atoms. The molecule has 0 aliphatic heterocycles. The van der Waals surface area contributed by atoms with Gasteiger partial charge in [-0.2, -0.15) is 0 Å². The van der Waals surface area contributed by atoms with Gasteiger partial charge in [-0.15, -0.1) is 0 Å². The zero-order chi connectivity index (χ0) is 16.6. The summed E-state index contributed by atoms with van der Waals surface area (Å²) in [6, 6.07) is 4.02. The third kappa shape index (κ3) is 3.37. The van der Waals surface area contributed by atoms with Crippen molar-refractivity contribution in [3.63, 3.8) is 0 Å². The smallest absolute Gasteiger partial charge is 0.224 e. The number of sulfone groups is 1. The van der Waals surface area contributed by atoms with Crippen molar-refractivity contribution in [1.29, 1.82) is 0 Å². The molecule has 0 unspecified atom stereocenters. The predicted octanol–water partition coefficient (Wildman–Crippen LogP) is 2.95. The minimum absolute atomic E-state index is 0.0176. The van der Waals surface area contributed by atoms with Gasteiger partial charge in [0, 0.05) is 6.42 Å². The number of rotatable bonds is 5. The van der Waals surface area contributed by atoms with Crippen LogP contribution in [0.15, 0.2) is 23.1 Å². The Labute approximate surface area is 137 Å². The van der Waals surface area contributed by atoms with E-state index in [0.29, 0.717) is 18.3 Å². The molecule has 0 saturated heterocycles. The first kappa shape index (κ1) is 16.3. The van der Waals surface area contributed by atoms with Crippen LogP contribution in [0.4, 0.5) is 5.69 Å². The van der Waals surface area contributed by atoms with E-state index in [1.807, 2.05) is 0 Å². The van der Waals surface area contributed by atoms with Crippen molar-refractivity contribution in [1.82, 2.24) is 0 Å². The number of phenols is 1. The van der Waals surface area contributed by atoms with Crippen LogP contribution in [0, 0.1) is 17.8 Å². The van der Waals surface area contributed by atoms with E-state index in [1.54, 1.807) is 6.92 Å². The number of hydrogen-bond acceptors (Lipinski definition) is 4. The van der Waals surface area contributed by atoms with Crippen LogP contribution in [0.5, 0.6) is 5.75 Å². The lowest BCUT2D eigenvalue weighted by Crippen LogP contribution is -2.20. The number of fused-ring (bicyclic) bond motifs is 2. The summed E-state index contributed by atoms with van der Waals surface area (Å²) in [5, 5.41) is 12.6. The molecule has 5 nitrogen and oxygen atoms in total. The van der Waals surface area contributed by atoms with Crippen molar-refractivity contribution in [3.8, 4) is 5.75 Å². The number of amides is 1. The summed E-state index contributed by atoms with van der Waals surface area (Å²) in [6.45, 7) is 1.57. The highest BCUT2D eigenvalue weighted by Gasteiger charge is 2.40. The van der Waals surface area contributed by atoms with Crippen molar-refractivity contribution < 1.29 is 18.3 Å². The van der Waals surface area contributed by atoms with Crippen LogP contribution < -0.4 is 5.32 Å². The fourth-order valence-corrected chi connectivity index (χ4v) is 4.95. The van der Waals surface area contributed by atoms with E-state index in [9.17, 15) is 18.3 Å². The Hall–Kier alpha value is -1.56. The number of carbonyl (C=O) groups is 1.